The topological polar surface area (TPSA) is 64.6 Å². The van der Waals surface area contributed by atoms with Gasteiger partial charge in [-0.15, -0.1) is 0 Å². The van der Waals surface area contributed by atoms with E-state index in [-0.39, 0.29) is 11.2 Å². The number of hydrogen-bond donors (Lipinski definition) is 1. The molecule has 2 aliphatic rings. The number of ether oxygens (including phenoxy) is 2. The van der Waals surface area contributed by atoms with Crippen LogP contribution < -0.4 is 10.1 Å². The van der Waals surface area contributed by atoms with Gasteiger partial charge >= 0.3 is 5.97 Å². The summed E-state index contributed by atoms with van der Waals surface area (Å²) in [7, 11) is 1.61. The number of esters is 1. The number of rotatable bonds is 3. The van der Waals surface area contributed by atoms with E-state index in [2.05, 4.69) is 19.2 Å². The highest BCUT2D eigenvalue weighted by Crippen LogP contribution is 2.47. The van der Waals surface area contributed by atoms with E-state index in [0.29, 0.717) is 17.6 Å². The molecule has 0 unspecified atom stereocenters. The van der Waals surface area contributed by atoms with Gasteiger partial charge < -0.3 is 14.8 Å². The van der Waals surface area contributed by atoms with Gasteiger partial charge in [0.2, 0.25) is 0 Å². The van der Waals surface area contributed by atoms with Crippen LogP contribution in [0, 0.1) is 5.41 Å². The maximum absolute atomic E-state index is 13.2. The Morgan fingerprint density at radius 1 is 1.14 bits per heavy atom. The molecule has 1 N–H and O–H groups in total. The first kappa shape index (κ1) is 21.2. The number of nitrogens with one attached hydrogen (secondary N) is 1. The Morgan fingerprint density at radius 2 is 1.76 bits per heavy atom. The van der Waals surface area contributed by atoms with Crippen LogP contribution in [-0.4, -0.2) is 24.5 Å². The van der Waals surface area contributed by atoms with Crippen molar-refractivity contribution in [3.63, 3.8) is 0 Å². The molecule has 0 spiro atoms. The maximum Gasteiger partial charge on any atom is 0.337 e. The van der Waals surface area contributed by atoms with Gasteiger partial charge in [-0.1, -0.05) is 26.0 Å². The molecule has 0 bridgehead atoms. The first-order valence-corrected chi connectivity index (χ1v) is 10.0. The van der Waals surface area contributed by atoms with Crippen LogP contribution in [0.15, 0.2) is 46.8 Å². The van der Waals surface area contributed by atoms with Crippen LogP contribution >= 0.6 is 0 Å². The van der Waals surface area contributed by atoms with Crippen LogP contribution in [0.3, 0.4) is 0 Å². The lowest BCUT2D eigenvalue weighted by molar-refractivity contribution is -0.150. The molecule has 0 saturated heterocycles. The Hall–Kier alpha value is -2.56. The average molecular weight is 398 g/mol. The standard InChI is InChI=1S/C24H31NO4/c1-14-19(22(27)29-23(2,3)4)20(15-8-10-16(28-7)11-9-15)21-17(25-14)12-24(5,6)13-18(21)26/h8-11,20,25H,12-13H2,1-7H3/t20-/m0/s1. The Morgan fingerprint density at radius 3 is 2.31 bits per heavy atom. The quantitative estimate of drug-likeness (QED) is 0.753. The van der Waals surface area contributed by atoms with Crippen LogP contribution in [0.1, 0.15) is 65.9 Å². The third-order valence-electron chi connectivity index (χ3n) is 5.31. The Kier molecular flexibility index (Phi) is 5.37. The zero-order chi connectivity index (χ0) is 21.6. The second-order valence-electron chi connectivity index (χ2n) is 9.70. The van der Waals surface area contributed by atoms with Crippen molar-refractivity contribution in [2.75, 3.05) is 7.11 Å². The van der Waals surface area contributed by atoms with Crippen LogP contribution in [0.5, 0.6) is 5.75 Å². The molecule has 29 heavy (non-hydrogen) atoms. The van der Waals surface area contributed by atoms with Crippen molar-refractivity contribution in [2.24, 2.45) is 5.41 Å². The molecule has 0 fully saturated rings. The second-order valence-corrected chi connectivity index (χ2v) is 9.70. The van der Waals surface area contributed by atoms with Gasteiger partial charge in [-0.3, -0.25) is 4.79 Å². The minimum absolute atomic E-state index is 0.0816. The Balaban J connectivity index is 2.14. The van der Waals surface area contributed by atoms with Gasteiger partial charge in [0.05, 0.1) is 12.7 Å². The maximum atomic E-state index is 13.2. The van der Waals surface area contributed by atoms with Gasteiger partial charge in [0.1, 0.15) is 11.4 Å². The summed E-state index contributed by atoms with van der Waals surface area (Å²) in [5, 5.41) is 3.36. The molecule has 0 aromatic heterocycles. The molecule has 0 radical (unpaired) electrons. The molecule has 1 aliphatic heterocycles. The van der Waals surface area contributed by atoms with Gasteiger partial charge in [-0.05, 0) is 57.2 Å². The minimum Gasteiger partial charge on any atom is -0.497 e. The lowest BCUT2D eigenvalue weighted by Gasteiger charge is -2.39. The summed E-state index contributed by atoms with van der Waals surface area (Å²) in [5.74, 6) is -0.0336. The van der Waals surface area contributed by atoms with Crippen LogP contribution in [0.25, 0.3) is 0 Å². The zero-order valence-corrected chi connectivity index (χ0v) is 18.4. The van der Waals surface area contributed by atoms with Crippen LogP contribution in [0.2, 0.25) is 0 Å². The monoisotopic (exact) mass is 397 g/mol. The van der Waals surface area contributed by atoms with Crippen LogP contribution in [-0.2, 0) is 14.3 Å². The van der Waals surface area contributed by atoms with Gasteiger partial charge in [-0.2, -0.15) is 0 Å². The summed E-state index contributed by atoms with van der Waals surface area (Å²) >= 11 is 0. The molecule has 5 nitrogen and oxygen atoms in total. The van der Waals surface area contributed by atoms with Crippen molar-refractivity contribution in [3.05, 3.63) is 52.4 Å². The highest BCUT2D eigenvalue weighted by molar-refractivity contribution is 6.04. The molecule has 0 saturated carbocycles. The number of carbonyl (C=O) groups excluding carboxylic acids is 2. The summed E-state index contributed by atoms with van der Waals surface area (Å²) in [6, 6.07) is 7.56. The van der Waals surface area contributed by atoms with E-state index in [1.165, 1.54) is 0 Å². The number of dihydropyridines is 1. The molecular formula is C24H31NO4. The molecule has 1 aromatic rings. The molecule has 0 amide bonds. The molecule has 1 heterocycles. The molecule has 5 heteroatoms. The smallest absolute Gasteiger partial charge is 0.337 e. The lowest BCUT2D eigenvalue weighted by Crippen LogP contribution is -2.39. The predicted molar refractivity (Wildman–Crippen MR) is 112 cm³/mol. The predicted octanol–water partition coefficient (Wildman–Crippen LogP) is 4.64. The summed E-state index contributed by atoms with van der Waals surface area (Å²) in [4.78, 5) is 26.4. The summed E-state index contributed by atoms with van der Waals surface area (Å²) in [6.07, 6.45) is 1.22. The number of benzene rings is 1. The lowest BCUT2D eigenvalue weighted by atomic mass is 9.68. The van der Waals surface area contributed by atoms with Gasteiger partial charge in [0.15, 0.2) is 5.78 Å². The highest BCUT2D eigenvalue weighted by Gasteiger charge is 2.43. The van der Waals surface area contributed by atoms with E-state index >= 15 is 0 Å². The van der Waals surface area contributed by atoms with Crippen molar-refractivity contribution in [3.8, 4) is 5.75 Å². The number of Topliss-reactive ketones (excluding diaryl/α,β-unsaturated/α-hetero) is 1. The van der Waals surface area contributed by atoms with Crippen molar-refractivity contribution in [2.45, 2.75) is 65.9 Å². The first-order valence-electron chi connectivity index (χ1n) is 10.0. The number of methoxy groups -OCH3 is 1. The van der Waals surface area contributed by atoms with Crippen LogP contribution in [0.4, 0.5) is 0 Å². The van der Waals surface area contributed by atoms with Gasteiger partial charge in [0.25, 0.3) is 0 Å². The van der Waals surface area contributed by atoms with E-state index in [9.17, 15) is 9.59 Å². The number of hydrogen-bond acceptors (Lipinski definition) is 5. The fraction of sp³-hybridized carbons (Fsp3) is 0.500. The highest BCUT2D eigenvalue weighted by atomic mass is 16.6. The first-order chi connectivity index (χ1) is 13.4. The van der Waals surface area contributed by atoms with Crippen molar-refractivity contribution < 1.29 is 19.1 Å². The Labute approximate surface area is 173 Å². The SMILES string of the molecule is COc1ccc([C@H]2C(C(=O)OC(C)(C)C)=C(C)NC3=C2C(=O)CC(C)(C)C3)cc1. The number of ketones is 1. The second kappa shape index (κ2) is 7.36. The molecule has 156 valence electrons. The van der Waals surface area contributed by atoms with E-state index in [1.54, 1.807) is 7.11 Å². The average Bonchev–Trinajstić information content (AvgIpc) is 2.57. The van der Waals surface area contributed by atoms with Crippen molar-refractivity contribution in [1.82, 2.24) is 5.32 Å². The third kappa shape index (κ3) is 4.39. The summed E-state index contributed by atoms with van der Waals surface area (Å²) < 4.78 is 11.0. The largest absolute Gasteiger partial charge is 0.497 e. The van der Waals surface area contributed by atoms with E-state index < -0.39 is 17.5 Å². The molecule has 3 rings (SSSR count). The zero-order valence-electron chi connectivity index (χ0n) is 18.4. The number of allylic oxidation sites excluding steroid dienone is 3. The van der Waals surface area contributed by atoms with E-state index in [0.717, 1.165) is 29.1 Å². The molecule has 1 atom stereocenters. The summed E-state index contributed by atoms with van der Waals surface area (Å²) in [5.41, 5.74) is 2.98. The third-order valence-corrected chi connectivity index (χ3v) is 5.31. The van der Waals surface area contributed by atoms with Gasteiger partial charge in [-0.25, -0.2) is 4.79 Å². The molecule has 1 aromatic carbocycles. The fourth-order valence-corrected chi connectivity index (χ4v) is 4.17. The number of carbonyl (C=O) groups is 2. The normalized spacial score (nSPS) is 21.5. The Bertz CT molecular complexity index is 898. The molecule has 1 aliphatic carbocycles. The fourth-order valence-electron chi connectivity index (χ4n) is 4.17. The van der Waals surface area contributed by atoms with E-state index in [1.807, 2.05) is 52.0 Å². The van der Waals surface area contributed by atoms with Crippen molar-refractivity contribution in [1.29, 1.82) is 0 Å². The minimum atomic E-state index is -0.623. The van der Waals surface area contributed by atoms with Gasteiger partial charge in [0, 0.05) is 29.3 Å². The molecular weight excluding hydrogens is 366 g/mol. The summed E-state index contributed by atoms with van der Waals surface area (Å²) in [6.45, 7) is 11.6. The van der Waals surface area contributed by atoms with Crippen molar-refractivity contribution >= 4 is 11.8 Å². The van der Waals surface area contributed by atoms with E-state index in [4.69, 9.17) is 9.47 Å².